The summed E-state index contributed by atoms with van der Waals surface area (Å²) in [5.74, 6) is 0. The van der Waals surface area contributed by atoms with Crippen LogP contribution in [0, 0.1) is 0 Å². The second kappa shape index (κ2) is 6.14. The number of morpholine rings is 1. The standard InChI is InChI=1S/C13H27N3O/c1-11-8-12(4-6-15(11)2)16(3)10-13-9-14-5-7-17-13/h11-14H,4-10H2,1-3H3. The highest BCUT2D eigenvalue weighted by Crippen LogP contribution is 2.20. The van der Waals surface area contributed by atoms with Crippen LogP contribution in [0.15, 0.2) is 0 Å². The van der Waals surface area contributed by atoms with E-state index < -0.39 is 0 Å². The average Bonchev–Trinajstić information content (AvgIpc) is 2.34. The molecule has 4 heteroatoms. The topological polar surface area (TPSA) is 27.7 Å². The van der Waals surface area contributed by atoms with Gasteiger partial charge >= 0.3 is 0 Å². The Bertz CT molecular complexity index is 231. The number of likely N-dealkylation sites (N-methyl/N-ethyl adjacent to an activating group) is 1. The van der Waals surface area contributed by atoms with E-state index in [1.54, 1.807) is 0 Å². The van der Waals surface area contributed by atoms with Crippen molar-refractivity contribution in [2.75, 3.05) is 46.9 Å². The zero-order valence-electron chi connectivity index (χ0n) is 11.5. The molecule has 0 spiro atoms. The lowest BCUT2D eigenvalue weighted by atomic mass is 9.97. The molecular formula is C13H27N3O. The molecule has 100 valence electrons. The van der Waals surface area contributed by atoms with Crippen molar-refractivity contribution in [3.05, 3.63) is 0 Å². The molecule has 17 heavy (non-hydrogen) atoms. The number of likely N-dealkylation sites (tertiary alicyclic amines) is 1. The minimum atomic E-state index is 0.378. The molecule has 2 heterocycles. The summed E-state index contributed by atoms with van der Waals surface area (Å²) in [6, 6.07) is 1.44. The molecule has 0 aromatic rings. The number of piperidine rings is 1. The maximum absolute atomic E-state index is 5.77. The molecule has 3 atom stereocenters. The van der Waals surface area contributed by atoms with Crippen molar-refractivity contribution in [3.8, 4) is 0 Å². The maximum atomic E-state index is 5.77. The first kappa shape index (κ1) is 13.3. The summed E-state index contributed by atoms with van der Waals surface area (Å²) in [6.45, 7) is 7.49. The Balaban J connectivity index is 1.77. The molecule has 2 aliphatic rings. The largest absolute Gasteiger partial charge is 0.374 e. The van der Waals surface area contributed by atoms with Gasteiger partial charge in [-0.25, -0.2) is 0 Å². The van der Waals surface area contributed by atoms with Gasteiger partial charge in [0, 0.05) is 31.7 Å². The van der Waals surface area contributed by atoms with Crippen LogP contribution in [0.25, 0.3) is 0 Å². The monoisotopic (exact) mass is 241 g/mol. The molecule has 0 radical (unpaired) electrons. The normalized spacial score (nSPS) is 36.4. The van der Waals surface area contributed by atoms with Crippen molar-refractivity contribution in [1.29, 1.82) is 0 Å². The first-order valence-electron chi connectivity index (χ1n) is 6.89. The van der Waals surface area contributed by atoms with Crippen molar-refractivity contribution in [1.82, 2.24) is 15.1 Å². The van der Waals surface area contributed by atoms with E-state index >= 15 is 0 Å². The minimum absolute atomic E-state index is 0.378. The Hall–Kier alpha value is -0.160. The van der Waals surface area contributed by atoms with E-state index in [-0.39, 0.29) is 0 Å². The predicted octanol–water partition coefficient (Wildman–Crippen LogP) is 0.389. The third-order valence-electron chi connectivity index (χ3n) is 4.30. The molecule has 2 saturated heterocycles. The average molecular weight is 241 g/mol. The summed E-state index contributed by atoms with van der Waals surface area (Å²) in [5.41, 5.74) is 0. The molecule has 0 aromatic carbocycles. The van der Waals surface area contributed by atoms with Gasteiger partial charge in [0.2, 0.25) is 0 Å². The minimum Gasteiger partial charge on any atom is -0.374 e. The molecule has 2 rings (SSSR count). The van der Waals surface area contributed by atoms with Gasteiger partial charge in [0.05, 0.1) is 12.7 Å². The Morgan fingerprint density at radius 1 is 1.47 bits per heavy atom. The Kier molecular flexibility index (Phi) is 4.79. The van der Waals surface area contributed by atoms with Gasteiger partial charge in [0.25, 0.3) is 0 Å². The lowest BCUT2D eigenvalue weighted by Gasteiger charge is -2.40. The quantitative estimate of drug-likeness (QED) is 0.773. The third kappa shape index (κ3) is 3.65. The van der Waals surface area contributed by atoms with E-state index in [0.29, 0.717) is 12.1 Å². The summed E-state index contributed by atoms with van der Waals surface area (Å²) in [5, 5.41) is 3.40. The van der Waals surface area contributed by atoms with Crippen LogP contribution in [0.5, 0.6) is 0 Å². The number of nitrogens with one attached hydrogen (secondary N) is 1. The zero-order chi connectivity index (χ0) is 12.3. The van der Waals surface area contributed by atoms with Crippen LogP contribution in [0.1, 0.15) is 19.8 Å². The highest BCUT2D eigenvalue weighted by atomic mass is 16.5. The Labute approximate surface area is 105 Å². The highest BCUT2D eigenvalue weighted by Gasteiger charge is 2.27. The van der Waals surface area contributed by atoms with Gasteiger partial charge < -0.3 is 19.9 Å². The van der Waals surface area contributed by atoms with E-state index in [0.717, 1.165) is 32.3 Å². The lowest BCUT2D eigenvalue weighted by Crippen LogP contribution is -2.50. The number of hydrogen-bond donors (Lipinski definition) is 1. The van der Waals surface area contributed by atoms with E-state index in [2.05, 4.69) is 36.1 Å². The summed E-state index contributed by atoms with van der Waals surface area (Å²) >= 11 is 0. The van der Waals surface area contributed by atoms with Crippen molar-refractivity contribution < 1.29 is 4.74 Å². The summed E-state index contributed by atoms with van der Waals surface area (Å²) in [6.07, 6.45) is 2.95. The van der Waals surface area contributed by atoms with Crippen LogP contribution in [0.4, 0.5) is 0 Å². The van der Waals surface area contributed by atoms with Gasteiger partial charge in [-0.15, -0.1) is 0 Å². The van der Waals surface area contributed by atoms with Gasteiger partial charge in [-0.2, -0.15) is 0 Å². The first-order chi connectivity index (χ1) is 8.16. The summed E-state index contributed by atoms with van der Waals surface area (Å²) in [4.78, 5) is 4.96. The van der Waals surface area contributed by atoms with Crippen LogP contribution in [-0.4, -0.2) is 74.9 Å². The van der Waals surface area contributed by atoms with Crippen LogP contribution in [-0.2, 0) is 4.74 Å². The van der Waals surface area contributed by atoms with Gasteiger partial charge in [0.1, 0.15) is 0 Å². The van der Waals surface area contributed by atoms with E-state index in [1.807, 2.05) is 0 Å². The van der Waals surface area contributed by atoms with Crippen LogP contribution >= 0.6 is 0 Å². The van der Waals surface area contributed by atoms with E-state index in [4.69, 9.17) is 4.74 Å². The van der Waals surface area contributed by atoms with Crippen molar-refractivity contribution in [2.45, 2.75) is 38.0 Å². The predicted molar refractivity (Wildman–Crippen MR) is 70.4 cm³/mol. The van der Waals surface area contributed by atoms with Crippen LogP contribution < -0.4 is 5.32 Å². The van der Waals surface area contributed by atoms with Gasteiger partial charge in [0.15, 0.2) is 0 Å². The van der Waals surface area contributed by atoms with Crippen LogP contribution in [0.3, 0.4) is 0 Å². The highest BCUT2D eigenvalue weighted by molar-refractivity contribution is 4.83. The number of hydrogen-bond acceptors (Lipinski definition) is 4. The molecule has 0 saturated carbocycles. The van der Waals surface area contributed by atoms with Gasteiger partial charge in [-0.05, 0) is 40.4 Å². The van der Waals surface area contributed by atoms with E-state index in [1.165, 1.54) is 19.4 Å². The van der Waals surface area contributed by atoms with Gasteiger partial charge in [-0.1, -0.05) is 0 Å². The third-order valence-corrected chi connectivity index (χ3v) is 4.30. The van der Waals surface area contributed by atoms with Crippen molar-refractivity contribution in [2.24, 2.45) is 0 Å². The molecule has 4 nitrogen and oxygen atoms in total. The SMILES string of the molecule is CC1CC(N(C)CC2CNCCO2)CCN1C. The fourth-order valence-electron chi connectivity index (χ4n) is 2.87. The van der Waals surface area contributed by atoms with E-state index in [9.17, 15) is 0 Å². The molecule has 2 fully saturated rings. The van der Waals surface area contributed by atoms with Crippen molar-refractivity contribution >= 4 is 0 Å². The molecule has 0 bridgehead atoms. The molecule has 1 N–H and O–H groups in total. The maximum Gasteiger partial charge on any atom is 0.0826 e. The second-order valence-electron chi connectivity index (χ2n) is 5.64. The molecule has 0 amide bonds. The summed E-state index contributed by atoms with van der Waals surface area (Å²) < 4.78 is 5.77. The molecule has 0 aliphatic carbocycles. The lowest BCUT2D eigenvalue weighted by molar-refractivity contribution is -0.00579. The Morgan fingerprint density at radius 3 is 2.94 bits per heavy atom. The molecule has 0 aromatic heterocycles. The molecule has 2 aliphatic heterocycles. The zero-order valence-corrected chi connectivity index (χ0v) is 11.5. The van der Waals surface area contributed by atoms with Gasteiger partial charge in [-0.3, -0.25) is 0 Å². The Morgan fingerprint density at radius 2 is 2.29 bits per heavy atom. The first-order valence-corrected chi connectivity index (χ1v) is 6.89. The number of nitrogens with zero attached hydrogens (tertiary/aromatic N) is 2. The second-order valence-corrected chi connectivity index (χ2v) is 5.64. The molecular weight excluding hydrogens is 214 g/mol. The fraction of sp³-hybridized carbons (Fsp3) is 1.00. The number of rotatable bonds is 3. The number of ether oxygens (including phenoxy) is 1. The van der Waals surface area contributed by atoms with Crippen LogP contribution in [0.2, 0.25) is 0 Å². The van der Waals surface area contributed by atoms with Crippen molar-refractivity contribution in [3.63, 3.8) is 0 Å². The fourth-order valence-corrected chi connectivity index (χ4v) is 2.87. The summed E-state index contributed by atoms with van der Waals surface area (Å²) in [7, 11) is 4.48. The molecule has 3 unspecified atom stereocenters. The smallest absolute Gasteiger partial charge is 0.0826 e.